The number of carbonyl (C=O) groups is 3. The molecule has 0 aliphatic carbocycles. The van der Waals surface area contributed by atoms with Crippen molar-refractivity contribution in [2.24, 2.45) is 11.8 Å². The molecule has 5 aromatic rings. The van der Waals surface area contributed by atoms with E-state index in [1.165, 1.54) is 7.11 Å². The zero-order chi connectivity index (χ0) is 35.3. The minimum Gasteiger partial charge on any atom is -0.454 e. The lowest BCUT2D eigenvalue weighted by Gasteiger charge is -2.44. The smallest absolute Gasteiger partial charge is 0.338 e. The average Bonchev–Trinajstić information content (AvgIpc) is 3.76. The monoisotopic (exact) mass is 696 g/mol. The van der Waals surface area contributed by atoms with Crippen molar-refractivity contribution in [1.29, 1.82) is 0 Å². The van der Waals surface area contributed by atoms with Gasteiger partial charge in [0.05, 0.1) is 24.0 Å². The highest BCUT2D eigenvalue weighted by Gasteiger charge is 2.53. The topological polar surface area (TPSA) is 170 Å². The van der Waals surface area contributed by atoms with E-state index >= 15 is 0 Å². The van der Waals surface area contributed by atoms with Gasteiger partial charge in [0.15, 0.2) is 47.5 Å². The van der Waals surface area contributed by atoms with Crippen molar-refractivity contribution >= 4 is 40.1 Å². The highest BCUT2D eigenvalue weighted by molar-refractivity contribution is 5.89. The maximum absolute atomic E-state index is 14.1. The molecule has 4 heterocycles. The van der Waals surface area contributed by atoms with Crippen LogP contribution in [0, 0.1) is 11.8 Å². The normalized spacial score (nSPS) is 25.7. The Morgan fingerprint density at radius 1 is 0.765 bits per heavy atom. The molecule has 0 saturated carbocycles. The summed E-state index contributed by atoms with van der Waals surface area (Å²) in [6.45, 7) is -0.628. The Morgan fingerprint density at radius 3 is 1.82 bits per heavy atom. The number of methoxy groups -OCH3 is 1. The Morgan fingerprint density at radius 2 is 1.29 bits per heavy atom. The molecule has 2 aromatic heterocycles. The van der Waals surface area contributed by atoms with Gasteiger partial charge in [-0.1, -0.05) is 54.6 Å². The van der Waals surface area contributed by atoms with Crippen molar-refractivity contribution in [1.82, 2.24) is 9.97 Å². The number of hydrogen-bond donors (Lipinski definition) is 1. The van der Waals surface area contributed by atoms with Crippen LogP contribution in [0.5, 0.6) is 0 Å². The van der Waals surface area contributed by atoms with Crippen LogP contribution in [0.1, 0.15) is 35.0 Å². The second-order valence-corrected chi connectivity index (χ2v) is 12.4. The first kappa shape index (κ1) is 34.1. The average molecular weight is 697 g/mol. The van der Waals surface area contributed by atoms with Crippen molar-refractivity contribution in [3.63, 3.8) is 0 Å². The van der Waals surface area contributed by atoms with E-state index in [2.05, 4.69) is 9.97 Å². The van der Waals surface area contributed by atoms with Gasteiger partial charge in [0, 0.05) is 20.0 Å². The number of hydrogen-bond acceptors (Lipinski definition) is 13. The molecule has 3 aromatic carbocycles. The molecule has 0 amide bonds. The van der Waals surface area contributed by atoms with E-state index < -0.39 is 67.1 Å². The van der Waals surface area contributed by atoms with Crippen LogP contribution in [0.25, 0.3) is 22.2 Å². The Hall–Kier alpha value is -5.37. The fourth-order valence-corrected chi connectivity index (χ4v) is 6.33. The molecule has 264 valence electrons. The molecule has 0 bridgehead atoms. The molecule has 13 heteroatoms. The summed E-state index contributed by atoms with van der Waals surface area (Å²) in [5.41, 5.74) is 2.66. The molecular weight excluding hydrogens is 660 g/mol. The number of carbonyl (C=O) groups excluding carboxylic acids is 3. The van der Waals surface area contributed by atoms with E-state index in [1.807, 2.05) is 36.4 Å². The fraction of sp³-hybridized carbons (Fsp3) is 0.342. The molecule has 1 fully saturated rings. The molecule has 0 radical (unpaired) electrons. The molecular formula is C38H36N2O11. The van der Waals surface area contributed by atoms with E-state index in [1.54, 1.807) is 54.6 Å². The summed E-state index contributed by atoms with van der Waals surface area (Å²) in [5, 5.41) is 10.4. The van der Waals surface area contributed by atoms with Crippen LogP contribution in [0.3, 0.4) is 0 Å². The highest BCUT2D eigenvalue weighted by Crippen LogP contribution is 2.33. The lowest BCUT2D eigenvalue weighted by atomic mass is 9.95. The number of aliphatic hydroxyl groups excluding tert-OH is 1. The molecule has 1 saturated heterocycles. The predicted molar refractivity (Wildman–Crippen MR) is 179 cm³/mol. The Balaban J connectivity index is 1.24. The number of benzene rings is 3. The predicted octanol–water partition coefficient (Wildman–Crippen LogP) is 4.75. The molecule has 7 atom stereocenters. The molecule has 2 aliphatic rings. The SMILES string of the molecule is CO[C@H]1O[C@H](CO)[C@@H](OC(=O)c2ccccc2)[C@@H]2OC(=O)[C@@H](Cc3nc4ccccc4o3)CC=CC[C@H](Cc3nc4ccccc4o3)C(=O)O[C@H]12. The highest BCUT2D eigenvalue weighted by atomic mass is 16.7. The Labute approximate surface area is 292 Å². The largest absolute Gasteiger partial charge is 0.454 e. The third kappa shape index (κ3) is 7.55. The van der Waals surface area contributed by atoms with Crippen LogP contribution in [0.2, 0.25) is 0 Å². The van der Waals surface area contributed by atoms with E-state index in [4.69, 9.17) is 32.5 Å². The van der Waals surface area contributed by atoms with Crippen LogP contribution in [0.15, 0.2) is 99.8 Å². The third-order valence-electron chi connectivity index (χ3n) is 8.95. The summed E-state index contributed by atoms with van der Waals surface area (Å²) >= 11 is 0. The molecule has 0 spiro atoms. The number of para-hydroxylation sites is 4. The van der Waals surface area contributed by atoms with Gasteiger partial charge in [0.2, 0.25) is 0 Å². The number of fused-ring (bicyclic) bond motifs is 3. The number of rotatable bonds is 8. The number of esters is 3. The number of aliphatic hydroxyl groups is 1. The van der Waals surface area contributed by atoms with Crippen molar-refractivity contribution in [2.75, 3.05) is 13.7 Å². The first-order valence-corrected chi connectivity index (χ1v) is 16.7. The van der Waals surface area contributed by atoms with Gasteiger partial charge in [0.25, 0.3) is 0 Å². The molecule has 1 N–H and O–H groups in total. The van der Waals surface area contributed by atoms with Gasteiger partial charge in [-0.25, -0.2) is 14.8 Å². The van der Waals surface area contributed by atoms with Gasteiger partial charge < -0.3 is 37.6 Å². The second-order valence-electron chi connectivity index (χ2n) is 12.4. The minimum absolute atomic E-state index is 0.0868. The van der Waals surface area contributed by atoms with Crippen molar-refractivity contribution < 1.29 is 52.0 Å². The summed E-state index contributed by atoms with van der Waals surface area (Å²) in [5.74, 6) is -3.03. The summed E-state index contributed by atoms with van der Waals surface area (Å²) in [4.78, 5) is 50.5. The van der Waals surface area contributed by atoms with Crippen LogP contribution in [0.4, 0.5) is 0 Å². The van der Waals surface area contributed by atoms with Crippen molar-refractivity contribution in [3.05, 3.63) is 108 Å². The van der Waals surface area contributed by atoms with E-state index in [0.717, 1.165) is 0 Å². The van der Waals surface area contributed by atoms with Crippen LogP contribution < -0.4 is 0 Å². The summed E-state index contributed by atoms with van der Waals surface area (Å²) in [6, 6.07) is 22.7. The molecule has 0 unspecified atom stereocenters. The van der Waals surface area contributed by atoms with Gasteiger partial charge in [-0.05, 0) is 49.2 Å². The van der Waals surface area contributed by atoms with Gasteiger partial charge in [-0.15, -0.1) is 0 Å². The lowest BCUT2D eigenvalue weighted by Crippen LogP contribution is -2.63. The number of oxazole rings is 2. The maximum atomic E-state index is 14.1. The van der Waals surface area contributed by atoms with Gasteiger partial charge >= 0.3 is 17.9 Å². The number of nitrogens with zero attached hydrogens (tertiary/aromatic N) is 2. The maximum Gasteiger partial charge on any atom is 0.338 e. The quantitative estimate of drug-likeness (QED) is 0.134. The zero-order valence-electron chi connectivity index (χ0n) is 27.7. The van der Waals surface area contributed by atoms with Crippen LogP contribution in [-0.2, 0) is 46.1 Å². The van der Waals surface area contributed by atoms with Gasteiger partial charge in [-0.3, -0.25) is 9.59 Å². The molecule has 2 aliphatic heterocycles. The first-order valence-electron chi connectivity index (χ1n) is 16.7. The lowest BCUT2D eigenvalue weighted by molar-refractivity contribution is -0.301. The summed E-state index contributed by atoms with van der Waals surface area (Å²) < 4.78 is 41.5. The van der Waals surface area contributed by atoms with E-state index in [9.17, 15) is 19.5 Å². The standard InChI is InChI=1S/C38H36N2O11/c1-45-38-34-33(32(29(21-41)48-38)49-35(42)22-11-3-2-4-12-22)50-36(43)23(19-30-39-25-15-7-9-17-27(25)46-30)13-5-6-14-24(37(44)51-34)20-31-40-26-16-8-10-18-28(26)47-31/h2-12,15-18,23-24,29,32-34,38,41H,13-14,19-21H2,1H3/t23-,24-,29-,32-,33+,34+,38+/m1/s1. The van der Waals surface area contributed by atoms with Gasteiger partial charge in [0.1, 0.15) is 17.1 Å². The van der Waals surface area contributed by atoms with E-state index in [-0.39, 0.29) is 31.2 Å². The van der Waals surface area contributed by atoms with Crippen LogP contribution >= 0.6 is 0 Å². The Bertz CT molecular complexity index is 1960. The molecule has 51 heavy (non-hydrogen) atoms. The Kier molecular flexibility index (Phi) is 10.2. The zero-order valence-corrected chi connectivity index (χ0v) is 27.7. The minimum atomic E-state index is -1.44. The first-order chi connectivity index (χ1) is 24.9. The summed E-state index contributed by atoms with van der Waals surface area (Å²) in [6.07, 6.45) is -2.51. The van der Waals surface area contributed by atoms with Crippen molar-refractivity contribution in [3.8, 4) is 0 Å². The molecule has 13 nitrogen and oxygen atoms in total. The fourth-order valence-electron chi connectivity index (χ4n) is 6.33. The van der Waals surface area contributed by atoms with E-state index in [0.29, 0.717) is 34.0 Å². The number of allylic oxidation sites excluding steroid dienone is 2. The number of aromatic nitrogens is 2. The second kappa shape index (κ2) is 15.3. The van der Waals surface area contributed by atoms with Crippen molar-refractivity contribution in [2.45, 2.75) is 56.4 Å². The number of ether oxygens (including phenoxy) is 5. The summed E-state index contributed by atoms with van der Waals surface area (Å²) in [7, 11) is 1.33. The van der Waals surface area contributed by atoms with Gasteiger partial charge in [-0.2, -0.15) is 0 Å². The van der Waals surface area contributed by atoms with Crippen LogP contribution in [-0.4, -0.2) is 77.4 Å². The molecule has 7 rings (SSSR count). The third-order valence-corrected chi connectivity index (χ3v) is 8.95.